The Balaban J connectivity index is 2.24. The van der Waals surface area contributed by atoms with Crippen LogP contribution in [0.1, 0.15) is 44.2 Å². The number of hydrogen-bond donors (Lipinski definition) is 2. The lowest BCUT2D eigenvalue weighted by Gasteiger charge is -2.32. The molecule has 0 radical (unpaired) electrons. The van der Waals surface area contributed by atoms with E-state index in [1.165, 1.54) is 7.11 Å². The predicted octanol–water partition coefficient (Wildman–Crippen LogP) is 2.70. The number of carboxylic acids is 1. The van der Waals surface area contributed by atoms with Crippen LogP contribution >= 0.6 is 0 Å². The molecule has 6 nitrogen and oxygen atoms in total. The van der Waals surface area contributed by atoms with Gasteiger partial charge in [-0.05, 0) is 56.9 Å². The maximum atomic E-state index is 12.0. The number of methoxy groups -OCH3 is 1. The van der Waals surface area contributed by atoms with E-state index in [0.29, 0.717) is 24.2 Å². The average molecular weight is 321 g/mol. The number of aliphatic carboxylic acids is 1. The zero-order valence-electron chi connectivity index (χ0n) is 13.9. The van der Waals surface area contributed by atoms with Crippen molar-refractivity contribution < 1.29 is 24.2 Å². The molecule has 0 spiro atoms. The Hall–Kier alpha value is -2.24. The lowest BCUT2D eigenvalue weighted by atomic mass is 9.79. The third kappa shape index (κ3) is 4.15. The van der Waals surface area contributed by atoms with Crippen LogP contribution in [-0.2, 0) is 16.0 Å². The largest absolute Gasteiger partial charge is 0.497 e. The number of carboxylic acid groups (broad SMARTS) is 1. The summed E-state index contributed by atoms with van der Waals surface area (Å²) in [5.41, 5.74) is 1.03. The van der Waals surface area contributed by atoms with Gasteiger partial charge >= 0.3 is 12.1 Å². The van der Waals surface area contributed by atoms with E-state index in [0.717, 1.165) is 5.56 Å². The molecule has 0 aromatic heterocycles. The molecule has 0 heterocycles. The summed E-state index contributed by atoms with van der Waals surface area (Å²) >= 11 is 0. The molecule has 1 aromatic carbocycles. The first-order chi connectivity index (χ1) is 10.7. The molecule has 2 N–H and O–H groups in total. The number of nitrogens with one attached hydrogen (secondary N) is 1. The summed E-state index contributed by atoms with van der Waals surface area (Å²) in [7, 11) is 1.54. The second-order valence-corrected chi connectivity index (χ2v) is 6.67. The zero-order chi connectivity index (χ0) is 17.2. The van der Waals surface area contributed by atoms with E-state index in [1.807, 2.05) is 12.1 Å². The van der Waals surface area contributed by atoms with E-state index in [1.54, 1.807) is 26.8 Å². The van der Waals surface area contributed by atoms with E-state index in [9.17, 15) is 14.7 Å². The molecule has 1 aliphatic rings. The van der Waals surface area contributed by atoms with Gasteiger partial charge in [0.1, 0.15) is 17.3 Å². The van der Waals surface area contributed by atoms with Crippen molar-refractivity contribution in [3.63, 3.8) is 0 Å². The molecule has 1 aromatic rings. The molecular weight excluding hydrogens is 298 g/mol. The van der Waals surface area contributed by atoms with Crippen LogP contribution < -0.4 is 10.1 Å². The predicted molar refractivity (Wildman–Crippen MR) is 84.8 cm³/mol. The number of amides is 1. The van der Waals surface area contributed by atoms with Crippen molar-refractivity contribution >= 4 is 12.1 Å². The smallest absolute Gasteiger partial charge is 0.407 e. The number of ether oxygens (including phenoxy) is 2. The van der Waals surface area contributed by atoms with Gasteiger partial charge in [0.2, 0.25) is 0 Å². The monoisotopic (exact) mass is 321 g/mol. The Morgan fingerprint density at radius 2 is 2.00 bits per heavy atom. The molecule has 1 amide bonds. The fourth-order valence-electron chi connectivity index (χ4n) is 2.83. The Morgan fingerprint density at radius 3 is 2.57 bits per heavy atom. The number of benzene rings is 1. The minimum absolute atomic E-state index is 0.512. The molecule has 23 heavy (non-hydrogen) atoms. The van der Waals surface area contributed by atoms with Crippen LogP contribution in [0.15, 0.2) is 18.2 Å². The first kappa shape index (κ1) is 17.1. The van der Waals surface area contributed by atoms with Gasteiger partial charge in [-0.3, -0.25) is 4.79 Å². The number of alkyl carbamates (subject to hydrolysis) is 1. The van der Waals surface area contributed by atoms with Crippen LogP contribution in [0, 0.1) is 0 Å². The summed E-state index contributed by atoms with van der Waals surface area (Å²) in [6, 6.07) is 4.92. The molecule has 0 fully saturated rings. The van der Waals surface area contributed by atoms with Crippen molar-refractivity contribution in [3.05, 3.63) is 29.3 Å². The topological polar surface area (TPSA) is 84.9 Å². The van der Waals surface area contributed by atoms with Crippen molar-refractivity contribution in [3.8, 4) is 5.75 Å². The van der Waals surface area contributed by atoms with Crippen molar-refractivity contribution in [2.75, 3.05) is 7.11 Å². The molecule has 0 saturated heterocycles. The van der Waals surface area contributed by atoms with Crippen LogP contribution in [0.3, 0.4) is 0 Å². The fourth-order valence-corrected chi connectivity index (χ4v) is 2.83. The Morgan fingerprint density at radius 1 is 1.30 bits per heavy atom. The third-order valence-electron chi connectivity index (χ3n) is 3.78. The minimum atomic E-state index is -0.972. The van der Waals surface area contributed by atoms with E-state index in [-0.39, 0.29) is 0 Å². The van der Waals surface area contributed by atoms with Gasteiger partial charge in [-0.2, -0.15) is 0 Å². The van der Waals surface area contributed by atoms with Crippen molar-refractivity contribution in [1.29, 1.82) is 0 Å². The number of hydrogen-bond acceptors (Lipinski definition) is 4. The maximum absolute atomic E-state index is 12.0. The lowest BCUT2D eigenvalue weighted by molar-refractivity contribution is -0.139. The van der Waals surface area contributed by atoms with E-state index in [4.69, 9.17) is 9.47 Å². The van der Waals surface area contributed by atoms with Gasteiger partial charge in [0, 0.05) is 6.04 Å². The number of carbonyl (C=O) groups excluding carboxylic acids is 1. The lowest BCUT2D eigenvalue weighted by Crippen LogP contribution is -2.46. The molecule has 2 atom stereocenters. The standard InChI is InChI=1S/C17H23NO5/c1-17(2,3)23-16(21)18-13-8-6-10-5-7-11(22-4)9-12(10)14(13)15(19)20/h5,7,9,13-14H,6,8H2,1-4H3,(H,18,21)(H,19,20)/t13-,14+/m1/s1. The Kier molecular flexibility index (Phi) is 4.82. The minimum Gasteiger partial charge on any atom is -0.497 e. The second-order valence-electron chi connectivity index (χ2n) is 6.67. The molecule has 0 saturated carbocycles. The first-order valence-corrected chi connectivity index (χ1v) is 7.60. The highest BCUT2D eigenvalue weighted by Gasteiger charge is 2.37. The Labute approximate surface area is 135 Å². The molecule has 2 rings (SSSR count). The van der Waals surface area contributed by atoms with Crippen molar-refractivity contribution in [2.45, 2.75) is 51.2 Å². The average Bonchev–Trinajstić information content (AvgIpc) is 2.43. The SMILES string of the molecule is COc1ccc2c(c1)[C@H](C(=O)O)[C@H](NC(=O)OC(C)(C)C)CC2. The van der Waals surface area contributed by atoms with E-state index >= 15 is 0 Å². The molecule has 0 unspecified atom stereocenters. The number of carbonyl (C=O) groups is 2. The van der Waals surface area contributed by atoms with Crippen molar-refractivity contribution in [1.82, 2.24) is 5.32 Å². The van der Waals surface area contributed by atoms with Gasteiger partial charge in [-0.15, -0.1) is 0 Å². The van der Waals surface area contributed by atoms with Gasteiger partial charge in [0.15, 0.2) is 0 Å². The Bertz CT molecular complexity index is 605. The second kappa shape index (κ2) is 6.48. The summed E-state index contributed by atoms with van der Waals surface area (Å²) in [6.45, 7) is 5.30. The highest BCUT2D eigenvalue weighted by atomic mass is 16.6. The zero-order valence-corrected chi connectivity index (χ0v) is 13.9. The normalized spacial score (nSPS) is 20.3. The van der Waals surface area contributed by atoms with Gasteiger partial charge in [-0.25, -0.2) is 4.79 Å². The summed E-state index contributed by atoms with van der Waals surface area (Å²) in [6.07, 6.45) is 0.652. The van der Waals surface area contributed by atoms with Gasteiger partial charge in [0.05, 0.1) is 7.11 Å². The van der Waals surface area contributed by atoms with Gasteiger partial charge in [-0.1, -0.05) is 6.07 Å². The molecular formula is C17H23NO5. The van der Waals surface area contributed by atoms with Crippen LogP contribution in [0.4, 0.5) is 4.79 Å². The van der Waals surface area contributed by atoms with Crippen LogP contribution in [0.25, 0.3) is 0 Å². The fraction of sp³-hybridized carbons (Fsp3) is 0.529. The maximum Gasteiger partial charge on any atom is 0.407 e. The number of rotatable bonds is 3. The van der Waals surface area contributed by atoms with Crippen molar-refractivity contribution in [2.24, 2.45) is 0 Å². The first-order valence-electron chi connectivity index (χ1n) is 7.60. The molecule has 6 heteroatoms. The third-order valence-corrected chi connectivity index (χ3v) is 3.78. The molecule has 0 aliphatic heterocycles. The number of fused-ring (bicyclic) bond motifs is 1. The van der Waals surface area contributed by atoms with Crippen LogP contribution in [-0.4, -0.2) is 35.9 Å². The van der Waals surface area contributed by atoms with E-state index in [2.05, 4.69) is 5.32 Å². The summed E-state index contributed by atoms with van der Waals surface area (Å²) in [5, 5.41) is 12.3. The summed E-state index contributed by atoms with van der Waals surface area (Å²) < 4.78 is 10.4. The molecule has 126 valence electrons. The summed E-state index contributed by atoms with van der Waals surface area (Å²) in [5.74, 6) is -1.19. The molecule has 0 bridgehead atoms. The van der Waals surface area contributed by atoms with Gasteiger partial charge < -0.3 is 19.9 Å². The highest BCUT2D eigenvalue weighted by molar-refractivity contribution is 5.80. The molecule has 1 aliphatic carbocycles. The van der Waals surface area contributed by atoms with E-state index < -0.39 is 29.6 Å². The summed E-state index contributed by atoms with van der Waals surface area (Å²) in [4.78, 5) is 23.7. The highest BCUT2D eigenvalue weighted by Crippen LogP contribution is 2.34. The van der Waals surface area contributed by atoms with Crippen LogP contribution in [0.2, 0.25) is 0 Å². The quantitative estimate of drug-likeness (QED) is 0.894. The van der Waals surface area contributed by atoms with Gasteiger partial charge in [0.25, 0.3) is 0 Å². The number of aryl methyl sites for hydroxylation is 1. The van der Waals surface area contributed by atoms with Crippen LogP contribution in [0.5, 0.6) is 5.75 Å².